The monoisotopic (exact) mass is 523 g/mol. The first kappa shape index (κ1) is 25.9. The lowest BCUT2D eigenvalue weighted by Gasteiger charge is -2.33. The lowest BCUT2D eigenvalue weighted by atomic mass is 9.85. The van der Waals surface area contributed by atoms with Gasteiger partial charge in [-0.05, 0) is 31.4 Å². The Morgan fingerprint density at radius 3 is 2.29 bits per heavy atom. The topological polar surface area (TPSA) is 114 Å². The summed E-state index contributed by atoms with van der Waals surface area (Å²) in [6.45, 7) is 5.45. The van der Waals surface area contributed by atoms with Crippen molar-refractivity contribution in [3.05, 3.63) is 91.3 Å². The van der Waals surface area contributed by atoms with Crippen molar-refractivity contribution in [3.63, 3.8) is 0 Å². The van der Waals surface area contributed by atoms with Crippen molar-refractivity contribution in [1.82, 2.24) is 14.5 Å². The van der Waals surface area contributed by atoms with Crippen LogP contribution in [0.2, 0.25) is 0 Å². The van der Waals surface area contributed by atoms with Gasteiger partial charge in [0.25, 0.3) is 5.56 Å². The summed E-state index contributed by atoms with van der Waals surface area (Å²) >= 11 is 0. The molecule has 3 aromatic rings. The van der Waals surface area contributed by atoms with Gasteiger partial charge in [0.2, 0.25) is 5.91 Å². The number of aliphatic hydroxyl groups is 1. The molecule has 2 aliphatic heterocycles. The molecule has 1 fully saturated rings. The lowest BCUT2D eigenvalue weighted by molar-refractivity contribution is -0.133. The van der Waals surface area contributed by atoms with Gasteiger partial charge < -0.3 is 19.5 Å². The number of aliphatic hydroxyl groups excluding tert-OH is 1. The minimum absolute atomic E-state index is 0.116. The fourth-order valence-corrected chi connectivity index (χ4v) is 5.25. The summed E-state index contributed by atoms with van der Waals surface area (Å²) in [6.07, 6.45) is -4.48. The molecule has 2 aliphatic rings. The Kier molecular flexibility index (Phi) is 6.70. The van der Waals surface area contributed by atoms with Gasteiger partial charge in [0.15, 0.2) is 12.4 Å². The minimum atomic E-state index is -1.94. The second-order valence-corrected chi connectivity index (χ2v) is 9.91. The van der Waals surface area contributed by atoms with Gasteiger partial charge in [0, 0.05) is 36.5 Å². The van der Waals surface area contributed by atoms with E-state index in [1.165, 1.54) is 11.1 Å². The number of ether oxygens (including phenoxy) is 2. The quantitative estimate of drug-likeness (QED) is 0.532. The molecule has 2 N–H and O–H groups in total. The summed E-state index contributed by atoms with van der Waals surface area (Å²) in [4.78, 5) is 41.8. The molecule has 2 aromatic carbocycles. The number of carbonyl (C=O) groups is 1. The summed E-state index contributed by atoms with van der Waals surface area (Å²) in [6, 6.07) is 11.3. The Labute approximate surface area is 218 Å². The molecule has 0 aliphatic carbocycles. The number of para-hydroxylation sites is 2. The second kappa shape index (κ2) is 9.85. The van der Waals surface area contributed by atoms with E-state index in [0.717, 1.165) is 26.8 Å². The van der Waals surface area contributed by atoms with Crippen molar-refractivity contribution in [1.29, 1.82) is 0 Å². The zero-order chi connectivity index (χ0) is 27.3. The van der Waals surface area contributed by atoms with E-state index < -0.39 is 41.8 Å². The molecule has 1 saturated heterocycles. The summed E-state index contributed by atoms with van der Waals surface area (Å²) in [5, 5.41) is 10.6. The number of aromatic amines is 1. The van der Waals surface area contributed by atoms with Gasteiger partial charge in [-0.25, -0.2) is 9.18 Å². The van der Waals surface area contributed by atoms with Gasteiger partial charge in [0.1, 0.15) is 23.7 Å². The zero-order valence-electron chi connectivity index (χ0n) is 21.6. The van der Waals surface area contributed by atoms with E-state index >= 15 is 4.39 Å². The van der Waals surface area contributed by atoms with Crippen LogP contribution in [0, 0.1) is 13.8 Å². The maximum Gasteiger partial charge on any atom is 0.330 e. The largest absolute Gasteiger partial charge is 0.456 e. The molecule has 0 spiro atoms. The second-order valence-electron chi connectivity index (χ2n) is 9.91. The van der Waals surface area contributed by atoms with Gasteiger partial charge in [-0.1, -0.05) is 43.3 Å². The molecule has 200 valence electrons. The Morgan fingerprint density at radius 2 is 1.71 bits per heavy atom. The zero-order valence-corrected chi connectivity index (χ0v) is 21.6. The highest BCUT2D eigenvalue weighted by atomic mass is 19.1. The number of likely N-dealkylation sites (N-methyl/N-ethyl adjacent to an activating group) is 1. The molecule has 9 nitrogen and oxygen atoms in total. The highest BCUT2D eigenvalue weighted by molar-refractivity contribution is 5.90. The number of halogens is 1. The SMILES string of the molecule is CCc1cn([C@@H]2O[C@H](CN(C)C(=O)C3c4cccc(C)c4Oc4c(C)cccc43)[C@@H](O)[C@H]2F)c(=O)[nH]c1=O. The first-order valence-electron chi connectivity index (χ1n) is 12.6. The molecular weight excluding hydrogens is 493 g/mol. The van der Waals surface area contributed by atoms with Crippen LogP contribution in [0.5, 0.6) is 11.5 Å². The van der Waals surface area contributed by atoms with E-state index in [1.807, 2.05) is 50.2 Å². The smallest absolute Gasteiger partial charge is 0.330 e. The number of alkyl halides is 1. The number of benzene rings is 2. The third-order valence-electron chi connectivity index (χ3n) is 7.38. The third kappa shape index (κ3) is 4.23. The Morgan fingerprint density at radius 1 is 1.11 bits per heavy atom. The molecule has 3 heterocycles. The van der Waals surface area contributed by atoms with E-state index in [4.69, 9.17) is 9.47 Å². The van der Waals surface area contributed by atoms with Gasteiger partial charge >= 0.3 is 5.69 Å². The maximum atomic E-state index is 15.2. The number of H-pyrrole nitrogens is 1. The van der Waals surface area contributed by atoms with Crippen molar-refractivity contribution in [2.45, 2.75) is 57.7 Å². The summed E-state index contributed by atoms with van der Waals surface area (Å²) in [5.74, 6) is 0.330. The Hall–Kier alpha value is -3.76. The van der Waals surface area contributed by atoms with Crippen molar-refractivity contribution >= 4 is 5.91 Å². The van der Waals surface area contributed by atoms with Crippen molar-refractivity contribution < 1.29 is 23.8 Å². The Bertz CT molecular complexity index is 1460. The normalized spacial score (nSPS) is 22.5. The molecule has 0 bridgehead atoms. The van der Waals surface area contributed by atoms with Crippen LogP contribution in [0.15, 0.2) is 52.2 Å². The van der Waals surface area contributed by atoms with Gasteiger partial charge in [-0.3, -0.25) is 19.1 Å². The van der Waals surface area contributed by atoms with Crippen LogP contribution >= 0.6 is 0 Å². The maximum absolute atomic E-state index is 15.2. The number of amides is 1. The van der Waals surface area contributed by atoms with Crippen molar-refractivity contribution in [2.24, 2.45) is 0 Å². The number of hydrogen-bond donors (Lipinski definition) is 2. The molecule has 5 rings (SSSR count). The molecule has 10 heteroatoms. The van der Waals surface area contributed by atoms with Crippen molar-refractivity contribution in [3.8, 4) is 11.5 Å². The fraction of sp³-hybridized carbons (Fsp3) is 0.393. The molecule has 0 radical (unpaired) electrons. The number of carbonyl (C=O) groups excluding carboxylic acids is 1. The Balaban J connectivity index is 1.43. The van der Waals surface area contributed by atoms with Crippen molar-refractivity contribution in [2.75, 3.05) is 13.6 Å². The first-order chi connectivity index (χ1) is 18.1. The van der Waals surface area contributed by atoms with E-state index in [-0.39, 0.29) is 18.0 Å². The average molecular weight is 524 g/mol. The van der Waals surface area contributed by atoms with Gasteiger partial charge in [-0.15, -0.1) is 0 Å². The summed E-state index contributed by atoms with van der Waals surface area (Å²) in [7, 11) is 1.57. The molecule has 4 atom stereocenters. The number of nitrogens with one attached hydrogen (secondary N) is 1. The van der Waals surface area contributed by atoms with Crippen LogP contribution < -0.4 is 16.0 Å². The molecule has 38 heavy (non-hydrogen) atoms. The summed E-state index contributed by atoms with van der Waals surface area (Å²) < 4.78 is 28.1. The van der Waals surface area contributed by atoms with Crippen LogP contribution in [-0.2, 0) is 16.0 Å². The number of aryl methyl sites for hydroxylation is 3. The van der Waals surface area contributed by atoms with Crippen LogP contribution in [0.25, 0.3) is 0 Å². The van der Waals surface area contributed by atoms with Crippen LogP contribution in [-0.4, -0.2) is 57.4 Å². The number of fused-ring (bicyclic) bond motifs is 2. The number of nitrogens with zero attached hydrogens (tertiary/aromatic N) is 2. The lowest BCUT2D eigenvalue weighted by Crippen LogP contribution is -2.42. The van der Waals surface area contributed by atoms with E-state index in [1.54, 1.807) is 14.0 Å². The van der Waals surface area contributed by atoms with Crippen LogP contribution in [0.4, 0.5) is 4.39 Å². The molecule has 0 saturated carbocycles. The summed E-state index contributed by atoms with van der Waals surface area (Å²) in [5.41, 5.74) is 2.14. The fourth-order valence-electron chi connectivity index (χ4n) is 5.25. The van der Waals surface area contributed by atoms with Crippen LogP contribution in [0.3, 0.4) is 0 Å². The molecule has 1 aromatic heterocycles. The predicted octanol–water partition coefficient (Wildman–Crippen LogP) is 2.71. The molecular formula is C28H30FN3O6. The highest BCUT2D eigenvalue weighted by Gasteiger charge is 2.47. The predicted molar refractivity (Wildman–Crippen MR) is 137 cm³/mol. The average Bonchev–Trinajstić information content (AvgIpc) is 3.16. The van der Waals surface area contributed by atoms with E-state index in [0.29, 0.717) is 17.9 Å². The third-order valence-corrected chi connectivity index (χ3v) is 7.38. The van der Waals surface area contributed by atoms with Gasteiger partial charge in [0.05, 0.1) is 5.92 Å². The number of rotatable bonds is 5. The minimum Gasteiger partial charge on any atom is -0.456 e. The van der Waals surface area contributed by atoms with E-state index in [2.05, 4.69) is 4.98 Å². The molecule has 0 unspecified atom stereocenters. The molecule has 1 amide bonds. The van der Waals surface area contributed by atoms with Gasteiger partial charge in [-0.2, -0.15) is 0 Å². The van der Waals surface area contributed by atoms with E-state index in [9.17, 15) is 19.5 Å². The standard InChI is InChI=1S/C28H30FN3O6/c1-5-16-12-32(28(36)30-25(16)34)27-21(29)22(33)19(37-27)13-31(4)26(35)20-17-10-6-8-14(2)23(17)38-24-15(3)9-7-11-18(20)24/h6-12,19-22,27,33H,5,13H2,1-4H3,(H,30,34,36)/t19-,21-,22-,27-/m1/s1. The number of hydrogen-bond acceptors (Lipinski definition) is 6. The highest BCUT2D eigenvalue weighted by Crippen LogP contribution is 2.47. The number of aromatic nitrogens is 2. The first-order valence-corrected chi connectivity index (χ1v) is 12.6. The van der Waals surface area contributed by atoms with Crippen LogP contribution in [0.1, 0.15) is 46.9 Å².